The van der Waals surface area contributed by atoms with Gasteiger partial charge in [-0.3, -0.25) is 14.7 Å². The largest absolute Gasteiger partial charge is 0.450 e. The molecule has 2 N–H and O–H groups in total. The van der Waals surface area contributed by atoms with Gasteiger partial charge in [0.1, 0.15) is 0 Å². The van der Waals surface area contributed by atoms with E-state index >= 15 is 0 Å². The molecule has 1 saturated heterocycles. The van der Waals surface area contributed by atoms with E-state index in [-0.39, 0.29) is 6.09 Å². The number of nitrogens with zero attached hydrogens (tertiary/aromatic N) is 3. The minimum absolute atomic E-state index is 0.256. The lowest BCUT2D eigenvalue weighted by atomic mass is 10.3. The average Bonchev–Trinajstić information content (AvgIpc) is 2.36. The molecule has 0 aromatic rings. The molecule has 0 aromatic heterocycles. The summed E-state index contributed by atoms with van der Waals surface area (Å²) < 4.78 is 4.92. The molecule has 97 valence electrons. The third kappa shape index (κ3) is 4.58. The van der Waals surface area contributed by atoms with Crippen molar-refractivity contribution < 1.29 is 14.3 Å². The van der Waals surface area contributed by atoms with E-state index in [1.54, 1.807) is 18.2 Å². The Balaban J connectivity index is 2.21. The lowest BCUT2D eigenvalue weighted by Crippen LogP contribution is -2.50. The number of piperazine rings is 1. The molecular formula is C10H19N4O3. The number of amides is 2. The zero-order valence-corrected chi connectivity index (χ0v) is 10.1. The quantitative estimate of drug-likeness (QED) is 0.290. The first-order valence-electron chi connectivity index (χ1n) is 5.71. The van der Waals surface area contributed by atoms with Crippen molar-refractivity contribution in [3.8, 4) is 0 Å². The van der Waals surface area contributed by atoms with Gasteiger partial charge in [0.2, 0.25) is 0 Å². The van der Waals surface area contributed by atoms with Gasteiger partial charge in [-0.25, -0.2) is 10.6 Å². The summed E-state index contributed by atoms with van der Waals surface area (Å²) in [4.78, 5) is 25.4. The third-order valence-electron chi connectivity index (χ3n) is 2.67. The van der Waals surface area contributed by atoms with Crippen LogP contribution in [0.3, 0.4) is 0 Å². The molecule has 1 heterocycles. The minimum Gasteiger partial charge on any atom is -0.450 e. The topological polar surface area (TPSA) is 79.1 Å². The van der Waals surface area contributed by atoms with Crippen LogP contribution in [-0.2, 0) is 9.53 Å². The van der Waals surface area contributed by atoms with E-state index in [9.17, 15) is 9.59 Å². The number of hydrazine groups is 1. The lowest BCUT2D eigenvalue weighted by Gasteiger charge is -2.34. The van der Waals surface area contributed by atoms with E-state index in [0.717, 1.165) is 18.1 Å². The van der Waals surface area contributed by atoms with Crippen LogP contribution in [0.1, 0.15) is 6.92 Å². The van der Waals surface area contributed by atoms with Gasteiger partial charge >= 0.3 is 12.5 Å². The highest BCUT2D eigenvalue weighted by Gasteiger charge is 2.21. The maximum absolute atomic E-state index is 11.4. The number of hydrogen-bond acceptors (Lipinski definition) is 5. The molecule has 7 heteroatoms. The van der Waals surface area contributed by atoms with Crippen LogP contribution in [0, 0.1) is 0 Å². The third-order valence-corrected chi connectivity index (χ3v) is 2.67. The summed E-state index contributed by atoms with van der Waals surface area (Å²) in [5.41, 5.74) is 0. The maximum Gasteiger partial charge on any atom is 0.409 e. The van der Waals surface area contributed by atoms with Crippen LogP contribution in [0.4, 0.5) is 4.79 Å². The molecule has 1 radical (unpaired) electrons. The average molecular weight is 243 g/mol. The van der Waals surface area contributed by atoms with Crippen molar-refractivity contribution in [2.45, 2.75) is 6.92 Å². The molecule has 2 amide bonds. The first-order chi connectivity index (χ1) is 8.17. The summed E-state index contributed by atoms with van der Waals surface area (Å²) in [5, 5.41) is 0.998. The summed E-state index contributed by atoms with van der Waals surface area (Å²) in [5.74, 6) is 5.30. The summed E-state index contributed by atoms with van der Waals surface area (Å²) in [7, 11) is 0. The lowest BCUT2D eigenvalue weighted by molar-refractivity contribution is 0.0783. The van der Waals surface area contributed by atoms with E-state index in [1.807, 2.05) is 0 Å². The van der Waals surface area contributed by atoms with Crippen molar-refractivity contribution in [1.29, 1.82) is 0 Å². The molecule has 1 aliphatic heterocycles. The van der Waals surface area contributed by atoms with E-state index in [1.165, 1.54) is 0 Å². The molecule has 0 aromatic carbocycles. The number of ether oxygens (including phenoxy) is 1. The first-order valence-corrected chi connectivity index (χ1v) is 5.71. The maximum atomic E-state index is 11.4. The molecule has 1 rings (SSSR count). The molecule has 7 nitrogen and oxygen atoms in total. The van der Waals surface area contributed by atoms with Crippen LogP contribution in [0.25, 0.3) is 0 Å². The van der Waals surface area contributed by atoms with Crippen molar-refractivity contribution in [1.82, 2.24) is 14.8 Å². The fourth-order valence-corrected chi connectivity index (χ4v) is 1.66. The van der Waals surface area contributed by atoms with E-state index < -0.39 is 0 Å². The second-order valence-electron chi connectivity index (χ2n) is 3.81. The van der Waals surface area contributed by atoms with Gasteiger partial charge in [0, 0.05) is 32.7 Å². The molecule has 0 spiro atoms. The zero-order chi connectivity index (χ0) is 12.7. The second-order valence-corrected chi connectivity index (χ2v) is 3.81. The van der Waals surface area contributed by atoms with Crippen molar-refractivity contribution in [2.24, 2.45) is 5.84 Å². The van der Waals surface area contributed by atoms with E-state index in [0.29, 0.717) is 32.8 Å². The van der Waals surface area contributed by atoms with Gasteiger partial charge in [-0.05, 0) is 6.92 Å². The normalized spacial score (nSPS) is 16.7. The molecule has 17 heavy (non-hydrogen) atoms. The van der Waals surface area contributed by atoms with Gasteiger partial charge in [-0.2, -0.15) is 0 Å². The van der Waals surface area contributed by atoms with Crippen LogP contribution in [0.5, 0.6) is 0 Å². The highest BCUT2D eigenvalue weighted by molar-refractivity contribution is 5.67. The Labute approximate surface area is 101 Å². The number of carbonyl (C=O) groups excluding carboxylic acids is 2. The van der Waals surface area contributed by atoms with Crippen LogP contribution >= 0.6 is 0 Å². The highest BCUT2D eigenvalue weighted by atomic mass is 16.6. The number of rotatable bonds is 5. The van der Waals surface area contributed by atoms with E-state index in [4.69, 9.17) is 10.6 Å². The molecular weight excluding hydrogens is 224 g/mol. The van der Waals surface area contributed by atoms with Crippen LogP contribution < -0.4 is 5.84 Å². The molecule has 0 saturated carbocycles. The summed E-state index contributed by atoms with van der Waals surface area (Å²) >= 11 is 0. The number of hydrogen-bond donors (Lipinski definition) is 1. The monoisotopic (exact) mass is 243 g/mol. The van der Waals surface area contributed by atoms with Crippen molar-refractivity contribution in [3.05, 3.63) is 0 Å². The van der Waals surface area contributed by atoms with Crippen LogP contribution in [0.15, 0.2) is 0 Å². The Morgan fingerprint density at radius 2 is 2.06 bits per heavy atom. The van der Waals surface area contributed by atoms with Crippen LogP contribution in [-0.4, -0.2) is 73.2 Å². The SMILES string of the molecule is CCOC(=O)N1CCN(CCN(N)[C]=O)CC1. The Kier molecular flexibility index (Phi) is 5.71. The minimum atomic E-state index is -0.256. The summed E-state index contributed by atoms with van der Waals surface area (Å²) in [6, 6.07) is 0. The fraction of sp³-hybridized carbons (Fsp3) is 0.800. The first kappa shape index (κ1) is 13.7. The standard InChI is InChI=1S/C10H19N4O3/c1-2-17-10(16)13-6-3-12(4-7-13)5-8-14(11)9-15/h2-8,11H2,1H3. The fourth-order valence-electron chi connectivity index (χ4n) is 1.66. The molecule has 1 aliphatic rings. The number of carbonyl (C=O) groups is 1. The Hall–Kier alpha value is -1.34. The smallest absolute Gasteiger partial charge is 0.409 e. The van der Waals surface area contributed by atoms with Gasteiger partial charge in [0.05, 0.1) is 13.2 Å². The molecule has 0 atom stereocenters. The van der Waals surface area contributed by atoms with Gasteiger partial charge in [0.15, 0.2) is 0 Å². The molecule has 0 bridgehead atoms. The van der Waals surface area contributed by atoms with Crippen LogP contribution in [0.2, 0.25) is 0 Å². The summed E-state index contributed by atoms with van der Waals surface area (Å²) in [6.45, 7) is 6.17. The molecule has 0 aliphatic carbocycles. The van der Waals surface area contributed by atoms with Gasteiger partial charge in [-0.15, -0.1) is 0 Å². The summed E-state index contributed by atoms with van der Waals surface area (Å²) in [6.07, 6.45) is 1.34. The van der Waals surface area contributed by atoms with E-state index in [2.05, 4.69) is 4.90 Å². The predicted molar refractivity (Wildman–Crippen MR) is 61.6 cm³/mol. The highest BCUT2D eigenvalue weighted by Crippen LogP contribution is 2.03. The van der Waals surface area contributed by atoms with Gasteiger partial charge in [0.25, 0.3) is 0 Å². The van der Waals surface area contributed by atoms with Gasteiger partial charge < -0.3 is 9.64 Å². The zero-order valence-electron chi connectivity index (χ0n) is 10.1. The Bertz CT molecular complexity index is 254. The Morgan fingerprint density at radius 1 is 1.41 bits per heavy atom. The second kappa shape index (κ2) is 7.08. The molecule has 1 fully saturated rings. The number of nitrogens with two attached hydrogens (primary N) is 1. The van der Waals surface area contributed by atoms with Crippen molar-refractivity contribution >= 4 is 12.5 Å². The predicted octanol–water partition coefficient (Wildman–Crippen LogP) is -0.997. The Morgan fingerprint density at radius 3 is 2.59 bits per heavy atom. The van der Waals surface area contributed by atoms with Crippen molar-refractivity contribution in [2.75, 3.05) is 45.9 Å². The van der Waals surface area contributed by atoms with Gasteiger partial charge in [-0.1, -0.05) is 0 Å². The van der Waals surface area contributed by atoms with Crippen molar-refractivity contribution in [3.63, 3.8) is 0 Å². The molecule has 0 unspecified atom stereocenters.